The van der Waals surface area contributed by atoms with Gasteiger partial charge in [0.15, 0.2) is 98.4 Å². The number of nitrogen functional groups attached to an aromatic ring is 2. The predicted octanol–water partition coefficient (Wildman–Crippen LogP) is 7.73. The van der Waals surface area contributed by atoms with Crippen molar-refractivity contribution in [3.63, 3.8) is 0 Å². The molecule has 0 saturated carbocycles. The predicted molar refractivity (Wildman–Crippen MR) is 440 cm³/mol. The molecule has 16 rings (SSSR count). The normalized spacial score (nSPS) is 28.5. The lowest BCUT2D eigenvalue weighted by molar-refractivity contribution is -0.116. The van der Waals surface area contributed by atoms with Gasteiger partial charge in [0.25, 0.3) is 0 Å². The van der Waals surface area contributed by atoms with E-state index in [-0.39, 0.29) is 108 Å². The Morgan fingerprint density at radius 2 is 0.913 bits per heavy atom. The van der Waals surface area contributed by atoms with Gasteiger partial charge >= 0.3 is 12.1 Å². The lowest BCUT2D eigenvalue weighted by Crippen LogP contribution is -2.45. The van der Waals surface area contributed by atoms with Gasteiger partial charge in [0.1, 0.15) is 48.6 Å². The molecule has 0 aliphatic carbocycles. The van der Waals surface area contributed by atoms with Crippen LogP contribution in [-0.2, 0) is 32.6 Å². The van der Waals surface area contributed by atoms with Gasteiger partial charge in [-0.25, -0.2) is 69.4 Å². The van der Waals surface area contributed by atoms with Gasteiger partial charge in [0.2, 0.25) is 5.91 Å². The SMILES string of the molecule is CC[C@@H]1CC(O[Si](C)(C)C(C)(C)C)[C@H](n2cnc3c(N)ncnc32)O1.CC[C@@H]1CC(O[Si](C)(C)C(C)(C)C)[C@H](n2cnc3c(NCCCCC[C@@H]4SC[C@@H]5NC(=O)N[C@@H]54)ncnc32)O1.Nc1ncnc2c1ncn2[C@@H]1O[C@H](CO)CC1O.O=C(CCCC[C@@H]1SC[C@@H]2NC(=O)N[C@@H]21)Nc1ncnc2c1ncn2[C@@H]1O[C@H](CO)CC1O. The Labute approximate surface area is 678 Å². The molecule has 8 aromatic heterocycles. The second kappa shape index (κ2) is 36.3. The number of amides is 5. The Balaban J connectivity index is 0.000000138. The minimum atomic E-state index is -1.97. The second-order valence-corrected chi connectivity index (χ2v) is 45.8. The van der Waals surface area contributed by atoms with Crippen molar-refractivity contribution in [2.24, 2.45) is 0 Å². The van der Waals surface area contributed by atoms with Gasteiger partial charge in [-0.1, -0.05) is 74.7 Å². The van der Waals surface area contributed by atoms with Crippen LogP contribution in [0.1, 0.15) is 170 Å². The van der Waals surface area contributed by atoms with Gasteiger partial charge < -0.3 is 91.6 Å². The van der Waals surface area contributed by atoms with Crippen LogP contribution < -0.4 is 43.4 Å². The van der Waals surface area contributed by atoms with E-state index in [9.17, 15) is 29.7 Å². The number of aromatic nitrogens is 16. The van der Waals surface area contributed by atoms with Crippen molar-refractivity contribution in [2.75, 3.05) is 53.4 Å². The molecule has 0 radical (unpaired) electrons. The van der Waals surface area contributed by atoms with E-state index in [0.717, 1.165) is 106 Å². The van der Waals surface area contributed by atoms with Crippen molar-refractivity contribution in [3.05, 3.63) is 50.6 Å². The molecular formula is C74H114N24O13S2Si2. The monoisotopic (exact) mass is 1670 g/mol. The van der Waals surface area contributed by atoms with Crippen molar-refractivity contribution in [3.8, 4) is 0 Å². The maximum absolute atomic E-state index is 12.5. The van der Waals surface area contributed by atoms with Crippen LogP contribution in [0.3, 0.4) is 0 Å². The van der Waals surface area contributed by atoms with Crippen molar-refractivity contribution in [1.82, 2.24) is 99.3 Å². The fraction of sp³-hybridized carbons (Fsp3) is 0.689. The first kappa shape index (κ1) is 85.2. The first-order chi connectivity index (χ1) is 54.9. The Hall–Kier alpha value is -7.66. The van der Waals surface area contributed by atoms with E-state index >= 15 is 0 Å². The van der Waals surface area contributed by atoms with Gasteiger partial charge in [-0.05, 0) is 74.8 Å². The maximum atomic E-state index is 12.5. The summed E-state index contributed by atoms with van der Waals surface area (Å²) in [6.07, 6.45) is 20.2. The highest BCUT2D eigenvalue weighted by atomic mass is 32.2. The number of thioether (sulfide) groups is 2. The highest BCUT2D eigenvalue weighted by Gasteiger charge is 2.49. The summed E-state index contributed by atoms with van der Waals surface area (Å²) < 4.78 is 44.7. The van der Waals surface area contributed by atoms with Gasteiger partial charge in [-0.3, -0.25) is 23.1 Å². The van der Waals surface area contributed by atoms with Gasteiger partial charge in [0.05, 0.1) is 99.3 Å². The number of nitrogens with one attached hydrogen (secondary N) is 6. The van der Waals surface area contributed by atoms with Gasteiger partial charge in [-0.15, -0.1) is 0 Å². The number of fused-ring (bicyclic) bond motifs is 6. The molecule has 41 heteroatoms. The molecule has 8 saturated heterocycles. The fourth-order valence-corrected chi connectivity index (χ4v) is 21.1. The number of nitrogens with two attached hydrogens (primary N) is 2. The van der Waals surface area contributed by atoms with E-state index in [4.69, 9.17) is 49.4 Å². The Bertz CT molecular complexity index is 4650. The van der Waals surface area contributed by atoms with Crippen LogP contribution in [-0.4, -0.2) is 248 Å². The largest absolute Gasteiger partial charge is 0.409 e. The maximum Gasteiger partial charge on any atom is 0.315 e. The van der Waals surface area contributed by atoms with Crippen molar-refractivity contribution in [2.45, 2.75) is 290 Å². The quantitative estimate of drug-likeness (QED) is 0.0148. The number of nitrogens with zero attached hydrogens (tertiary/aromatic N) is 16. The van der Waals surface area contributed by atoms with Gasteiger partial charge in [0, 0.05) is 60.7 Å². The third kappa shape index (κ3) is 19.1. The number of hydrogen-bond acceptors (Lipinski definition) is 30. The van der Waals surface area contributed by atoms with Crippen molar-refractivity contribution >= 4 is 126 Å². The number of ether oxygens (including phenoxy) is 4. The standard InChI is InChI=1S/C27H45N7O3SSi.C20H27N7O5S.C17H29N5O2Si.C10H13N5O3/c1-7-17-13-19(37-39(5,6)27(2,3)4)25(36-17)34-16-31-22-23(29-15-30-24(22)34)28-12-10-8-9-11-20-21-18(14-38-20)32-26(35)33-21;28-6-10-5-12(29)19(32-10)27-9-23-16-17(21-8-22-18(16)27)25-14(30)4-2-1-3-13-15-11(7-33-13)24-20(31)26-15;1-7-11-8-12(24-25(5,6)17(2,3)4)16(23-11)22-10-21-13-14(18)19-9-20-15(13)22;11-8-7-9(13-3-12-8)15(4-14-7)10-6(17)1-5(2-16)18-10/h15-21,25H,7-14H2,1-6H3,(H,28,29,30)(H2,32,33,35);8-13,15,19,28-29H,1-7H2,(H2,24,26,31)(H,21,22,25,30);9-12,16H,7-8H2,1-6H3,(H2,18,19,20);3-6,10,16-17H,1-2H2,(H2,11,12,13)/t17-,18+,19?,20+,21+,25-;10-,11-,12?,13-,15-,19+;11-,12?,16-;5-,6?,10+/m1010/s1. The molecule has 0 bridgehead atoms. The third-order valence-corrected chi connectivity index (χ3v) is 35.8. The van der Waals surface area contributed by atoms with E-state index in [1.807, 2.05) is 39.0 Å². The van der Waals surface area contributed by atoms with Crippen molar-refractivity contribution in [1.29, 1.82) is 0 Å². The third-order valence-electron chi connectivity index (χ3n) is 23.8. The fourth-order valence-electron chi connectivity index (χ4n) is 15.3. The lowest BCUT2D eigenvalue weighted by Gasteiger charge is -2.39. The Morgan fingerprint density at radius 1 is 0.522 bits per heavy atom. The molecule has 628 valence electrons. The number of hydrogen-bond donors (Lipinski definition) is 12. The summed E-state index contributed by atoms with van der Waals surface area (Å²) >= 11 is 3.85. The first-order valence-electron chi connectivity index (χ1n) is 40.1. The smallest absolute Gasteiger partial charge is 0.315 e. The zero-order chi connectivity index (χ0) is 81.8. The minimum absolute atomic E-state index is 0.0126. The summed E-state index contributed by atoms with van der Waals surface area (Å²) in [6.45, 7) is 27.5. The molecule has 18 atom stereocenters. The van der Waals surface area contributed by atoms with Crippen LogP contribution in [0, 0.1) is 0 Å². The number of aliphatic hydroxyl groups is 4. The van der Waals surface area contributed by atoms with Crippen LogP contribution in [0.2, 0.25) is 36.3 Å². The number of aliphatic hydroxyl groups excluding tert-OH is 4. The number of anilines is 4. The summed E-state index contributed by atoms with van der Waals surface area (Å²) in [5, 5.41) is 58.0. The average Bonchev–Trinajstić information content (AvgIpc) is 1.71. The molecule has 8 aromatic rings. The summed E-state index contributed by atoms with van der Waals surface area (Å²) in [6, 6.07) is 0.868. The van der Waals surface area contributed by atoms with Gasteiger partial charge in [-0.2, -0.15) is 23.5 Å². The summed E-state index contributed by atoms with van der Waals surface area (Å²) in [5.74, 6) is 3.52. The average molecular weight is 1670 g/mol. The molecule has 8 fully saturated rings. The number of unbranched alkanes of at least 4 members (excludes halogenated alkanes) is 3. The highest BCUT2D eigenvalue weighted by molar-refractivity contribution is 8.00. The summed E-state index contributed by atoms with van der Waals surface area (Å²) in [7, 11) is -3.89. The first-order valence-corrected chi connectivity index (χ1v) is 48.0. The molecule has 115 heavy (non-hydrogen) atoms. The molecule has 37 nitrogen and oxygen atoms in total. The molecule has 8 aliphatic rings. The van der Waals surface area contributed by atoms with E-state index in [1.165, 1.54) is 31.6 Å². The molecule has 8 aliphatic heterocycles. The highest BCUT2D eigenvalue weighted by Crippen LogP contribution is 2.46. The zero-order valence-corrected chi connectivity index (χ0v) is 71.2. The number of carbonyl (C=O) groups is 3. The summed E-state index contributed by atoms with van der Waals surface area (Å²) in [4.78, 5) is 86.9. The molecule has 0 aromatic carbocycles. The summed E-state index contributed by atoms with van der Waals surface area (Å²) in [5.41, 5.74) is 16.3. The van der Waals surface area contributed by atoms with E-state index in [1.54, 1.807) is 21.8 Å². The van der Waals surface area contributed by atoms with E-state index in [2.05, 4.69) is 168 Å². The lowest BCUT2D eigenvalue weighted by atomic mass is 10.0. The van der Waals surface area contributed by atoms with Crippen LogP contribution in [0.5, 0.6) is 0 Å². The number of rotatable bonds is 25. The molecule has 16 heterocycles. The van der Waals surface area contributed by atoms with Crippen LogP contribution in [0.4, 0.5) is 32.9 Å². The zero-order valence-electron chi connectivity index (χ0n) is 67.5. The molecule has 5 amide bonds. The molecule has 4 unspecified atom stereocenters. The van der Waals surface area contributed by atoms with Crippen LogP contribution >= 0.6 is 23.5 Å². The van der Waals surface area contributed by atoms with Crippen LogP contribution in [0.25, 0.3) is 44.7 Å². The topological polar surface area (TPSA) is 486 Å². The molecular weight excluding hydrogens is 1550 g/mol. The Morgan fingerprint density at radius 3 is 1.34 bits per heavy atom. The second-order valence-electron chi connectivity index (χ2n) is 33.8. The van der Waals surface area contributed by atoms with Crippen molar-refractivity contribution < 1.29 is 62.6 Å². The minimum Gasteiger partial charge on any atom is -0.409 e. The van der Waals surface area contributed by atoms with E-state index < -0.39 is 47.4 Å². The van der Waals surface area contributed by atoms with Crippen LogP contribution in [0.15, 0.2) is 50.6 Å². The Kier molecular flexibility index (Phi) is 26.9. The van der Waals surface area contributed by atoms with E-state index in [0.29, 0.717) is 80.9 Å². The number of carbonyl (C=O) groups excluding carboxylic acids is 3. The number of imidazole rings is 4. The number of urea groups is 2. The molecule has 14 N–H and O–H groups in total. The molecule has 0 spiro atoms.